The molecule has 0 radical (unpaired) electrons. The van der Waals surface area contributed by atoms with Crippen LogP contribution in [0.2, 0.25) is 0 Å². The Balaban J connectivity index is 1.27. The van der Waals surface area contributed by atoms with Crippen LogP contribution in [0.5, 0.6) is 0 Å². The van der Waals surface area contributed by atoms with Crippen molar-refractivity contribution in [3.8, 4) is 0 Å². The number of ketones is 1. The molecule has 1 N–H and O–H groups in total. The topological polar surface area (TPSA) is 39.3 Å². The highest BCUT2D eigenvalue weighted by atomic mass is 16.1. The number of para-hydroxylation sites is 1. The van der Waals surface area contributed by atoms with Gasteiger partial charge in [-0.05, 0) is 11.6 Å². The molecule has 27 heavy (non-hydrogen) atoms. The number of rotatable bonds is 6. The zero-order chi connectivity index (χ0) is 18.5. The van der Waals surface area contributed by atoms with E-state index in [1.165, 1.54) is 5.56 Å². The van der Waals surface area contributed by atoms with Crippen molar-refractivity contribution >= 4 is 22.8 Å². The Kier molecular flexibility index (Phi) is 5.47. The van der Waals surface area contributed by atoms with E-state index in [9.17, 15) is 4.79 Å². The van der Waals surface area contributed by atoms with Gasteiger partial charge < -0.3 is 4.98 Å². The maximum absolute atomic E-state index is 12.7. The number of nitrogens with one attached hydrogen (secondary N) is 1. The van der Waals surface area contributed by atoms with Crippen LogP contribution in [-0.4, -0.2) is 59.8 Å². The summed E-state index contributed by atoms with van der Waals surface area (Å²) in [4.78, 5) is 20.6. The van der Waals surface area contributed by atoms with E-state index < -0.39 is 0 Å². The number of aromatic nitrogens is 1. The molecule has 0 aliphatic carbocycles. The summed E-state index contributed by atoms with van der Waals surface area (Å²) in [5.74, 6) is 0.199. The first-order valence-corrected chi connectivity index (χ1v) is 9.55. The van der Waals surface area contributed by atoms with Crippen molar-refractivity contribution in [3.63, 3.8) is 0 Å². The van der Waals surface area contributed by atoms with Crippen molar-refractivity contribution in [2.45, 2.75) is 0 Å². The summed E-state index contributed by atoms with van der Waals surface area (Å²) >= 11 is 0. The molecule has 0 unspecified atom stereocenters. The fourth-order valence-electron chi connectivity index (χ4n) is 3.62. The fraction of sp³-hybridized carbons (Fsp3) is 0.261. The molecular weight excluding hydrogens is 334 g/mol. The molecule has 4 nitrogen and oxygen atoms in total. The summed E-state index contributed by atoms with van der Waals surface area (Å²) in [5, 5.41) is 1.02. The first-order valence-electron chi connectivity index (χ1n) is 9.55. The second-order valence-electron chi connectivity index (χ2n) is 7.06. The first kappa shape index (κ1) is 17.7. The molecule has 2 aromatic carbocycles. The van der Waals surface area contributed by atoms with Crippen LogP contribution in [0.3, 0.4) is 0 Å². The predicted octanol–water partition coefficient (Wildman–Crippen LogP) is 3.68. The number of Topliss-reactive ketones (excluding diaryl/α,β-unsaturated/α-hetero) is 1. The highest BCUT2D eigenvalue weighted by Gasteiger charge is 2.20. The van der Waals surface area contributed by atoms with Gasteiger partial charge in [-0.25, -0.2) is 0 Å². The van der Waals surface area contributed by atoms with E-state index in [0.717, 1.165) is 49.2 Å². The molecular formula is C23H25N3O. The quantitative estimate of drug-likeness (QED) is 0.683. The van der Waals surface area contributed by atoms with Gasteiger partial charge in [0.25, 0.3) is 0 Å². The van der Waals surface area contributed by atoms with Gasteiger partial charge in [-0.2, -0.15) is 0 Å². The van der Waals surface area contributed by atoms with Gasteiger partial charge in [0.15, 0.2) is 5.78 Å². The normalized spacial score (nSPS) is 16.3. The van der Waals surface area contributed by atoms with E-state index in [4.69, 9.17) is 0 Å². The molecule has 1 aromatic heterocycles. The first-order chi connectivity index (χ1) is 13.3. The van der Waals surface area contributed by atoms with Gasteiger partial charge in [0.1, 0.15) is 0 Å². The number of aromatic amines is 1. The Morgan fingerprint density at radius 1 is 0.926 bits per heavy atom. The highest BCUT2D eigenvalue weighted by Crippen LogP contribution is 2.18. The largest absolute Gasteiger partial charge is 0.360 e. The second-order valence-corrected chi connectivity index (χ2v) is 7.06. The monoisotopic (exact) mass is 359 g/mol. The van der Waals surface area contributed by atoms with Crippen molar-refractivity contribution in [1.82, 2.24) is 14.8 Å². The molecule has 0 amide bonds. The Morgan fingerprint density at radius 3 is 2.44 bits per heavy atom. The van der Waals surface area contributed by atoms with Crippen LogP contribution >= 0.6 is 0 Å². The van der Waals surface area contributed by atoms with E-state index in [0.29, 0.717) is 6.54 Å². The van der Waals surface area contributed by atoms with Crippen LogP contribution in [-0.2, 0) is 0 Å². The summed E-state index contributed by atoms with van der Waals surface area (Å²) < 4.78 is 0. The van der Waals surface area contributed by atoms with Crippen molar-refractivity contribution in [2.75, 3.05) is 39.3 Å². The van der Waals surface area contributed by atoms with Gasteiger partial charge in [-0.1, -0.05) is 60.7 Å². The maximum Gasteiger partial charge on any atom is 0.178 e. The van der Waals surface area contributed by atoms with Crippen LogP contribution in [0.4, 0.5) is 0 Å². The minimum absolute atomic E-state index is 0.199. The van der Waals surface area contributed by atoms with E-state index in [1.54, 1.807) is 0 Å². The number of piperazine rings is 1. The van der Waals surface area contributed by atoms with Gasteiger partial charge in [0.05, 0.1) is 6.54 Å². The number of nitrogens with zero attached hydrogens (tertiary/aromatic N) is 2. The summed E-state index contributed by atoms with van der Waals surface area (Å²) in [6.45, 7) is 5.33. The molecule has 0 bridgehead atoms. The zero-order valence-electron chi connectivity index (χ0n) is 15.5. The van der Waals surface area contributed by atoms with Gasteiger partial charge in [0, 0.05) is 55.4 Å². The molecule has 1 aliphatic rings. The van der Waals surface area contributed by atoms with Crippen LogP contribution in [0, 0.1) is 0 Å². The van der Waals surface area contributed by atoms with E-state index in [2.05, 4.69) is 51.2 Å². The average molecular weight is 359 g/mol. The number of benzene rings is 2. The number of carbonyl (C=O) groups is 1. The minimum Gasteiger partial charge on any atom is -0.360 e. The summed E-state index contributed by atoms with van der Waals surface area (Å²) in [7, 11) is 0. The number of carbonyl (C=O) groups excluding carboxylic acids is 1. The molecule has 1 fully saturated rings. The summed E-state index contributed by atoms with van der Waals surface area (Å²) in [6.07, 6.45) is 6.24. The Hall–Kier alpha value is -2.69. The molecule has 1 aliphatic heterocycles. The molecule has 0 spiro atoms. The third-order valence-corrected chi connectivity index (χ3v) is 5.20. The number of hydrogen-bond acceptors (Lipinski definition) is 3. The Morgan fingerprint density at radius 2 is 1.63 bits per heavy atom. The molecule has 0 atom stereocenters. The van der Waals surface area contributed by atoms with Crippen molar-refractivity contribution in [2.24, 2.45) is 0 Å². The maximum atomic E-state index is 12.7. The second kappa shape index (κ2) is 8.33. The Labute approximate surface area is 160 Å². The lowest BCUT2D eigenvalue weighted by molar-refractivity contribution is 0.0866. The van der Waals surface area contributed by atoms with Crippen LogP contribution in [0.1, 0.15) is 15.9 Å². The van der Waals surface area contributed by atoms with E-state index in [1.807, 2.05) is 36.5 Å². The third-order valence-electron chi connectivity index (χ3n) is 5.20. The molecule has 4 rings (SSSR count). The molecule has 1 saturated heterocycles. The highest BCUT2D eigenvalue weighted by molar-refractivity contribution is 6.08. The van der Waals surface area contributed by atoms with Crippen molar-refractivity contribution < 1.29 is 4.79 Å². The molecule has 138 valence electrons. The SMILES string of the molecule is O=C(CN1CCN(CC=Cc2ccccc2)CC1)c1c[nH]c2ccccc12. The lowest BCUT2D eigenvalue weighted by Gasteiger charge is -2.33. The van der Waals surface area contributed by atoms with E-state index >= 15 is 0 Å². The molecule has 2 heterocycles. The predicted molar refractivity (Wildman–Crippen MR) is 111 cm³/mol. The van der Waals surface area contributed by atoms with Crippen molar-refractivity contribution in [1.29, 1.82) is 0 Å². The summed E-state index contributed by atoms with van der Waals surface area (Å²) in [6, 6.07) is 18.4. The smallest absolute Gasteiger partial charge is 0.178 e. The lowest BCUT2D eigenvalue weighted by Crippen LogP contribution is -2.47. The molecule has 3 aromatic rings. The number of H-pyrrole nitrogens is 1. The van der Waals surface area contributed by atoms with Gasteiger partial charge in [0.2, 0.25) is 0 Å². The number of fused-ring (bicyclic) bond motifs is 1. The van der Waals surface area contributed by atoms with Gasteiger partial charge >= 0.3 is 0 Å². The van der Waals surface area contributed by atoms with Crippen LogP contribution in [0.25, 0.3) is 17.0 Å². The van der Waals surface area contributed by atoms with Gasteiger partial charge in [-0.15, -0.1) is 0 Å². The van der Waals surface area contributed by atoms with Crippen LogP contribution < -0.4 is 0 Å². The summed E-state index contributed by atoms with van der Waals surface area (Å²) in [5.41, 5.74) is 3.06. The van der Waals surface area contributed by atoms with Crippen LogP contribution in [0.15, 0.2) is 66.9 Å². The number of hydrogen-bond donors (Lipinski definition) is 1. The molecule has 0 saturated carbocycles. The average Bonchev–Trinajstić information content (AvgIpc) is 3.14. The lowest BCUT2D eigenvalue weighted by atomic mass is 10.1. The van der Waals surface area contributed by atoms with Crippen molar-refractivity contribution in [3.05, 3.63) is 78.0 Å². The van der Waals surface area contributed by atoms with Gasteiger partial charge in [-0.3, -0.25) is 14.6 Å². The van der Waals surface area contributed by atoms with E-state index in [-0.39, 0.29) is 5.78 Å². The minimum atomic E-state index is 0.199. The fourth-order valence-corrected chi connectivity index (χ4v) is 3.62. The Bertz CT molecular complexity index is 921. The molecule has 4 heteroatoms. The zero-order valence-corrected chi connectivity index (χ0v) is 15.5. The third kappa shape index (κ3) is 4.35. The standard InChI is InChI=1S/C23H25N3O/c27-23(21-17-24-22-11-5-4-10-20(21)22)18-26-15-13-25(14-16-26)12-6-9-19-7-2-1-3-8-19/h1-11,17,24H,12-16,18H2.